The van der Waals surface area contributed by atoms with E-state index in [1.165, 1.54) is 6.07 Å². The van der Waals surface area contributed by atoms with Gasteiger partial charge in [-0.25, -0.2) is 0 Å². The second-order valence-electron chi connectivity index (χ2n) is 2.42. The number of rotatable bonds is 0. The molecule has 0 unspecified atom stereocenters. The van der Waals surface area contributed by atoms with E-state index < -0.39 is 23.1 Å². The highest BCUT2D eigenvalue weighted by Crippen LogP contribution is 2.40. The van der Waals surface area contributed by atoms with E-state index in [0.717, 1.165) is 6.07 Å². The van der Waals surface area contributed by atoms with E-state index in [1.54, 1.807) is 0 Å². The molecule has 0 fully saturated rings. The fourth-order valence-corrected chi connectivity index (χ4v) is 1.08. The first-order valence-electron chi connectivity index (χ1n) is 3.24. The number of halogens is 4. The Bertz CT molecular complexity index is 335. The van der Waals surface area contributed by atoms with Crippen LogP contribution in [-0.2, 0) is 6.18 Å². The van der Waals surface area contributed by atoms with Gasteiger partial charge in [-0.1, -0.05) is 11.6 Å². The minimum absolute atomic E-state index is 0.151. The molecule has 0 aromatic heterocycles. The van der Waals surface area contributed by atoms with Gasteiger partial charge in [-0.05, 0) is 12.1 Å². The number of nitrogens with two attached hydrogens (primary N) is 2. The molecule has 1 rings (SSSR count). The van der Waals surface area contributed by atoms with Crippen molar-refractivity contribution in [3.8, 4) is 0 Å². The van der Waals surface area contributed by atoms with Crippen LogP contribution in [0.3, 0.4) is 0 Å². The predicted octanol–water partition coefficient (Wildman–Crippen LogP) is 2.52. The molecule has 0 atom stereocenters. The van der Waals surface area contributed by atoms with Gasteiger partial charge in [0.1, 0.15) is 5.56 Å². The third-order valence-electron chi connectivity index (χ3n) is 1.51. The average Bonchev–Trinajstić information content (AvgIpc) is 1.95. The lowest BCUT2D eigenvalue weighted by atomic mass is 10.1. The average molecular weight is 211 g/mol. The fraction of sp³-hybridized carbons (Fsp3) is 0.143. The number of benzene rings is 1. The molecule has 0 bridgehead atoms. The van der Waals surface area contributed by atoms with E-state index >= 15 is 0 Å². The minimum Gasteiger partial charge on any atom is -0.398 e. The molecular weight excluding hydrogens is 205 g/mol. The summed E-state index contributed by atoms with van der Waals surface area (Å²) in [4.78, 5) is 0. The first-order valence-corrected chi connectivity index (χ1v) is 3.62. The highest BCUT2D eigenvalue weighted by Gasteiger charge is 2.36. The summed E-state index contributed by atoms with van der Waals surface area (Å²) in [6.07, 6.45) is -4.57. The van der Waals surface area contributed by atoms with Crippen LogP contribution < -0.4 is 11.5 Å². The molecule has 0 heterocycles. The number of hydrogen-bond donors (Lipinski definition) is 2. The summed E-state index contributed by atoms with van der Waals surface area (Å²) >= 11 is 5.41. The summed E-state index contributed by atoms with van der Waals surface area (Å²) in [6, 6.07) is 2.29. The molecule has 1 aromatic carbocycles. The minimum atomic E-state index is -4.57. The van der Waals surface area contributed by atoms with Gasteiger partial charge >= 0.3 is 6.18 Å². The molecule has 0 spiro atoms. The van der Waals surface area contributed by atoms with Gasteiger partial charge in [-0.3, -0.25) is 0 Å². The maximum Gasteiger partial charge on any atom is 0.420 e. The highest BCUT2D eigenvalue weighted by atomic mass is 35.5. The van der Waals surface area contributed by atoms with Crippen LogP contribution in [0.2, 0.25) is 5.02 Å². The molecule has 6 heteroatoms. The monoisotopic (exact) mass is 210 g/mol. The Balaban J connectivity index is 3.43. The van der Waals surface area contributed by atoms with Crippen LogP contribution in [0.5, 0.6) is 0 Å². The summed E-state index contributed by atoms with van der Waals surface area (Å²) < 4.78 is 36.8. The SMILES string of the molecule is Nc1ccc(Cl)c(N)c1C(F)(F)F. The van der Waals surface area contributed by atoms with Crippen molar-refractivity contribution in [2.24, 2.45) is 0 Å². The lowest BCUT2D eigenvalue weighted by Crippen LogP contribution is -2.12. The molecular formula is C7H6ClF3N2. The molecule has 0 saturated heterocycles. The Morgan fingerprint density at radius 1 is 1.15 bits per heavy atom. The maximum absolute atomic E-state index is 12.3. The molecule has 4 N–H and O–H groups in total. The van der Waals surface area contributed by atoms with Crippen LogP contribution in [0.1, 0.15) is 5.56 Å². The van der Waals surface area contributed by atoms with E-state index in [9.17, 15) is 13.2 Å². The van der Waals surface area contributed by atoms with Crippen molar-refractivity contribution in [2.75, 3.05) is 11.5 Å². The van der Waals surface area contributed by atoms with Gasteiger partial charge in [0, 0.05) is 5.69 Å². The standard InChI is InChI=1S/C7H6ClF3N2/c8-3-1-2-4(12)5(6(3)13)7(9,10)11/h1-2H,12-13H2. The highest BCUT2D eigenvalue weighted by molar-refractivity contribution is 6.33. The van der Waals surface area contributed by atoms with Crippen molar-refractivity contribution in [1.29, 1.82) is 0 Å². The molecule has 0 aliphatic carbocycles. The summed E-state index contributed by atoms with van der Waals surface area (Å²) in [5.74, 6) is 0. The molecule has 13 heavy (non-hydrogen) atoms. The summed E-state index contributed by atoms with van der Waals surface area (Å²) in [7, 11) is 0. The molecule has 0 aliphatic rings. The number of anilines is 2. The predicted molar refractivity (Wildman–Crippen MR) is 45.3 cm³/mol. The molecule has 1 aromatic rings. The Kier molecular flexibility index (Phi) is 2.30. The number of alkyl halides is 3. The Morgan fingerprint density at radius 2 is 1.69 bits per heavy atom. The molecule has 72 valence electrons. The van der Waals surface area contributed by atoms with Crippen LogP contribution in [0, 0.1) is 0 Å². The van der Waals surface area contributed by atoms with Gasteiger partial charge in [-0.15, -0.1) is 0 Å². The van der Waals surface area contributed by atoms with Gasteiger partial charge in [0.15, 0.2) is 0 Å². The smallest absolute Gasteiger partial charge is 0.398 e. The van der Waals surface area contributed by atoms with Crippen molar-refractivity contribution in [3.63, 3.8) is 0 Å². The van der Waals surface area contributed by atoms with Gasteiger partial charge in [0.05, 0.1) is 10.7 Å². The van der Waals surface area contributed by atoms with Crippen LogP contribution in [0.4, 0.5) is 24.5 Å². The first-order chi connectivity index (χ1) is 5.84. The largest absolute Gasteiger partial charge is 0.420 e. The maximum atomic E-state index is 12.3. The van der Waals surface area contributed by atoms with Crippen LogP contribution in [0.25, 0.3) is 0 Å². The van der Waals surface area contributed by atoms with E-state index in [4.69, 9.17) is 23.1 Å². The zero-order valence-electron chi connectivity index (χ0n) is 6.32. The molecule has 0 saturated carbocycles. The molecule has 0 aliphatic heterocycles. The van der Waals surface area contributed by atoms with Crippen molar-refractivity contribution >= 4 is 23.0 Å². The second-order valence-corrected chi connectivity index (χ2v) is 2.83. The third-order valence-corrected chi connectivity index (χ3v) is 1.84. The van der Waals surface area contributed by atoms with Gasteiger partial charge in [0.25, 0.3) is 0 Å². The van der Waals surface area contributed by atoms with Crippen LogP contribution >= 0.6 is 11.6 Å². The van der Waals surface area contributed by atoms with E-state index in [1.807, 2.05) is 0 Å². The van der Waals surface area contributed by atoms with Crippen molar-refractivity contribution in [1.82, 2.24) is 0 Å². The van der Waals surface area contributed by atoms with Crippen LogP contribution in [-0.4, -0.2) is 0 Å². The fourth-order valence-electron chi connectivity index (χ4n) is 0.927. The Hall–Kier alpha value is -1.10. The third kappa shape index (κ3) is 1.80. The van der Waals surface area contributed by atoms with Crippen molar-refractivity contribution in [2.45, 2.75) is 6.18 Å². The number of nitrogen functional groups attached to an aromatic ring is 2. The normalized spacial score (nSPS) is 11.7. The summed E-state index contributed by atoms with van der Waals surface area (Å²) in [5, 5.41) is -0.151. The molecule has 0 radical (unpaired) electrons. The molecule has 2 nitrogen and oxygen atoms in total. The lowest BCUT2D eigenvalue weighted by Gasteiger charge is -2.13. The Morgan fingerprint density at radius 3 is 2.08 bits per heavy atom. The zero-order chi connectivity index (χ0) is 10.2. The van der Waals surface area contributed by atoms with E-state index in [2.05, 4.69) is 0 Å². The van der Waals surface area contributed by atoms with E-state index in [0.29, 0.717) is 0 Å². The molecule has 0 amide bonds. The van der Waals surface area contributed by atoms with Crippen molar-refractivity contribution < 1.29 is 13.2 Å². The lowest BCUT2D eigenvalue weighted by molar-refractivity contribution is -0.136. The Labute approximate surface area is 77.3 Å². The zero-order valence-corrected chi connectivity index (χ0v) is 7.08. The topological polar surface area (TPSA) is 52.0 Å². The second kappa shape index (κ2) is 2.99. The van der Waals surface area contributed by atoms with Crippen LogP contribution in [0.15, 0.2) is 12.1 Å². The quantitative estimate of drug-likeness (QED) is 0.647. The van der Waals surface area contributed by atoms with Gasteiger partial charge in [0.2, 0.25) is 0 Å². The summed E-state index contributed by atoms with van der Waals surface area (Å²) in [6.45, 7) is 0. The van der Waals surface area contributed by atoms with Gasteiger partial charge < -0.3 is 11.5 Å². The first kappa shape index (κ1) is 9.98. The number of hydrogen-bond acceptors (Lipinski definition) is 2. The summed E-state index contributed by atoms with van der Waals surface area (Å²) in [5.41, 5.74) is 8.23. The van der Waals surface area contributed by atoms with Crippen molar-refractivity contribution in [3.05, 3.63) is 22.7 Å². The van der Waals surface area contributed by atoms with Gasteiger partial charge in [-0.2, -0.15) is 13.2 Å². The van der Waals surface area contributed by atoms with E-state index in [-0.39, 0.29) is 5.02 Å².